The molecule has 0 bridgehead atoms. The molecular formula is C11H18O5. The Morgan fingerprint density at radius 2 is 2.19 bits per heavy atom. The molecule has 0 aromatic rings. The van der Waals surface area contributed by atoms with Crippen molar-refractivity contribution in [1.29, 1.82) is 0 Å². The van der Waals surface area contributed by atoms with E-state index in [2.05, 4.69) is 6.58 Å². The van der Waals surface area contributed by atoms with Gasteiger partial charge in [0.1, 0.15) is 0 Å². The highest BCUT2D eigenvalue weighted by molar-refractivity contribution is 5.76. The van der Waals surface area contributed by atoms with E-state index >= 15 is 0 Å². The third-order valence-electron chi connectivity index (χ3n) is 1.89. The monoisotopic (exact) mass is 230 g/mol. The van der Waals surface area contributed by atoms with Gasteiger partial charge in [0.25, 0.3) is 0 Å². The largest absolute Gasteiger partial charge is 0.487 e. The summed E-state index contributed by atoms with van der Waals surface area (Å²) in [7, 11) is 0. The lowest BCUT2D eigenvalue weighted by Crippen LogP contribution is -2.26. The Balaban J connectivity index is 4.01. The zero-order valence-corrected chi connectivity index (χ0v) is 9.48. The fraction of sp³-hybridized carbons (Fsp3) is 0.636. The Morgan fingerprint density at radius 3 is 2.69 bits per heavy atom. The van der Waals surface area contributed by atoms with E-state index in [9.17, 15) is 9.59 Å². The van der Waals surface area contributed by atoms with Crippen LogP contribution < -0.4 is 0 Å². The second-order valence-electron chi connectivity index (χ2n) is 3.24. The SMILES string of the molecule is C=COC(CCC(=O)O)C(=O)OCCCC. The van der Waals surface area contributed by atoms with Crippen molar-refractivity contribution in [3.05, 3.63) is 12.8 Å². The molecule has 0 amide bonds. The highest BCUT2D eigenvalue weighted by atomic mass is 16.6. The van der Waals surface area contributed by atoms with Crippen LogP contribution in [0, 0.1) is 0 Å². The Kier molecular flexibility index (Phi) is 7.93. The van der Waals surface area contributed by atoms with Crippen LogP contribution in [-0.4, -0.2) is 29.8 Å². The molecule has 5 nitrogen and oxygen atoms in total. The average molecular weight is 230 g/mol. The number of carboxylic acids is 1. The fourth-order valence-corrected chi connectivity index (χ4v) is 1.02. The third kappa shape index (κ3) is 6.86. The maximum Gasteiger partial charge on any atom is 0.347 e. The standard InChI is InChI=1S/C11H18O5/c1-3-5-8-16-11(14)9(15-4-2)6-7-10(12)13/h4,9H,2-3,5-8H2,1H3,(H,12,13). The van der Waals surface area contributed by atoms with Gasteiger partial charge in [-0.1, -0.05) is 19.9 Å². The first-order chi connectivity index (χ1) is 7.61. The van der Waals surface area contributed by atoms with Gasteiger partial charge in [-0.2, -0.15) is 0 Å². The number of carbonyl (C=O) groups excluding carboxylic acids is 1. The van der Waals surface area contributed by atoms with Gasteiger partial charge in [0, 0.05) is 12.8 Å². The quantitative estimate of drug-likeness (QED) is 0.371. The number of ether oxygens (including phenoxy) is 2. The van der Waals surface area contributed by atoms with Crippen LogP contribution in [0.15, 0.2) is 12.8 Å². The van der Waals surface area contributed by atoms with Gasteiger partial charge < -0.3 is 14.6 Å². The Bertz CT molecular complexity index is 237. The number of hydrogen-bond donors (Lipinski definition) is 1. The van der Waals surface area contributed by atoms with Crippen LogP contribution in [0.2, 0.25) is 0 Å². The maximum absolute atomic E-state index is 11.4. The summed E-state index contributed by atoms with van der Waals surface area (Å²) in [5, 5.41) is 8.49. The van der Waals surface area contributed by atoms with E-state index in [0.29, 0.717) is 6.61 Å². The van der Waals surface area contributed by atoms with E-state index in [4.69, 9.17) is 14.6 Å². The predicted molar refractivity (Wildman–Crippen MR) is 57.8 cm³/mol. The first-order valence-corrected chi connectivity index (χ1v) is 5.26. The lowest BCUT2D eigenvalue weighted by atomic mass is 10.2. The average Bonchev–Trinajstić information content (AvgIpc) is 2.24. The Morgan fingerprint density at radius 1 is 1.50 bits per heavy atom. The minimum atomic E-state index is -0.973. The van der Waals surface area contributed by atoms with E-state index in [1.54, 1.807) is 0 Å². The van der Waals surface area contributed by atoms with Crippen LogP contribution >= 0.6 is 0 Å². The van der Waals surface area contributed by atoms with Crippen molar-refractivity contribution < 1.29 is 24.2 Å². The van der Waals surface area contributed by atoms with E-state index in [0.717, 1.165) is 19.1 Å². The van der Waals surface area contributed by atoms with Crippen LogP contribution in [0.1, 0.15) is 32.6 Å². The van der Waals surface area contributed by atoms with Gasteiger partial charge in [0.15, 0.2) is 6.10 Å². The fourth-order valence-electron chi connectivity index (χ4n) is 1.02. The molecule has 0 heterocycles. The summed E-state index contributed by atoms with van der Waals surface area (Å²) >= 11 is 0. The second-order valence-corrected chi connectivity index (χ2v) is 3.24. The van der Waals surface area contributed by atoms with Crippen molar-refractivity contribution >= 4 is 11.9 Å². The van der Waals surface area contributed by atoms with E-state index in [1.807, 2.05) is 6.92 Å². The Labute approximate surface area is 95.0 Å². The zero-order chi connectivity index (χ0) is 12.4. The van der Waals surface area contributed by atoms with Crippen molar-refractivity contribution in [2.75, 3.05) is 6.61 Å². The lowest BCUT2D eigenvalue weighted by molar-refractivity contribution is -0.154. The summed E-state index contributed by atoms with van der Waals surface area (Å²) in [6.45, 7) is 5.64. The number of carbonyl (C=O) groups is 2. The summed E-state index contributed by atoms with van der Waals surface area (Å²) in [6.07, 6.45) is 1.91. The van der Waals surface area contributed by atoms with Gasteiger partial charge in [-0.05, 0) is 6.42 Å². The number of esters is 1. The first-order valence-electron chi connectivity index (χ1n) is 5.26. The van der Waals surface area contributed by atoms with Crippen LogP contribution in [0.4, 0.5) is 0 Å². The van der Waals surface area contributed by atoms with E-state index < -0.39 is 18.0 Å². The molecule has 1 N–H and O–H groups in total. The molecular weight excluding hydrogens is 212 g/mol. The minimum absolute atomic E-state index is 0.0896. The summed E-state index contributed by atoms with van der Waals surface area (Å²) in [4.78, 5) is 21.8. The highest BCUT2D eigenvalue weighted by Crippen LogP contribution is 2.06. The molecule has 1 atom stereocenters. The number of carboxylic acid groups (broad SMARTS) is 1. The molecule has 5 heteroatoms. The second kappa shape index (κ2) is 8.76. The summed E-state index contributed by atoms with van der Waals surface area (Å²) in [5.41, 5.74) is 0. The van der Waals surface area contributed by atoms with Gasteiger partial charge in [0.05, 0.1) is 12.9 Å². The Hall–Kier alpha value is -1.52. The van der Waals surface area contributed by atoms with Crippen molar-refractivity contribution in [2.24, 2.45) is 0 Å². The van der Waals surface area contributed by atoms with E-state index in [-0.39, 0.29) is 12.8 Å². The van der Waals surface area contributed by atoms with Crippen LogP contribution in [0.3, 0.4) is 0 Å². The van der Waals surface area contributed by atoms with Crippen molar-refractivity contribution in [3.8, 4) is 0 Å². The molecule has 0 aliphatic carbocycles. The van der Waals surface area contributed by atoms with Crippen molar-refractivity contribution in [1.82, 2.24) is 0 Å². The molecule has 16 heavy (non-hydrogen) atoms. The molecule has 0 fully saturated rings. The molecule has 0 aromatic heterocycles. The minimum Gasteiger partial charge on any atom is -0.487 e. The van der Waals surface area contributed by atoms with Gasteiger partial charge in [-0.15, -0.1) is 0 Å². The summed E-state index contributed by atoms with van der Waals surface area (Å²) < 4.78 is 9.84. The maximum atomic E-state index is 11.4. The van der Waals surface area contributed by atoms with Crippen molar-refractivity contribution in [2.45, 2.75) is 38.7 Å². The van der Waals surface area contributed by atoms with Crippen molar-refractivity contribution in [3.63, 3.8) is 0 Å². The van der Waals surface area contributed by atoms with Gasteiger partial charge >= 0.3 is 11.9 Å². The van der Waals surface area contributed by atoms with Gasteiger partial charge in [0.2, 0.25) is 0 Å². The topological polar surface area (TPSA) is 72.8 Å². The molecule has 0 aromatic carbocycles. The zero-order valence-electron chi connectivity index (χ0n) is 9.48. The normalized spacial score (nSPS) is 11.6. The third-order valence-corrected chi connectivity index (χ3v) is 1.89. The number of unbranched alkanes of at least 4 members (excludes halogenated alkanes) is 1. The van der Waals surface area contributed by atoms with Gasteiger partial charge in [-0.3, -0.25) is 4.79 Å². The number of hydrogen-bond acceptors (Lipinski definition) is 4. The van der Waals surface area contributed by atoms with Crippen LogP contribution in [-0.2, 0) is 19.1 Å². The molecule has 0 radical (unpaired) electrons. The molecule has 0 saturated heterocycles. The lowest BCUT2D eigenvalue weighted by Gasteiger charge is -2.14. The molecule has 0 rings (SSSR count). The molecule has 0 saturated carbocycles. The molecule has 0 aliphatic rings. The summed E-state index contributed by atoms with van der Waals surface area (Å²) in [5.74, 6) is -1.51. The first kappa shape index (κ1) is 14.5. The van der Waals surface area contributed by atoms with Crippen LogP contribution in [0.5, 0.6) is 0 Å². The molecule has 92 valence electrons. The smallest absolute Gasteiger partial charge is 0.347 e. The summed E-state index contributed by atoms with van der Waals surface area (Å²) in [6, 6.07) is 0. The molecule has 1 unspecified atom stereocenters. The number of rotatable bonds is 9. The molecule has 0 aliphatic heterocycles. The predicted octanol–water partition coefficient (Wildman–Crippen LogP) is 1.72. The van der Waals surface area contributed by atoms with Crippen LogP contribution in [0.25, 0.3) is 0 Å². The number of aliphatic carboxylic acids is 1. The molecule has 0 spiro atoms. The van der Waals surface area contributed by atoms with E-state index in [1.165, 1.54) is 0 Å². The van der Waals surface area contributed by atoms with Gasteiger partial charge in [-0.25, -0.2) is 4.79 Å². The highest BCUT2D eigenvalue weighted by Gasteiger charge is 2.21.